The second-order valence-electron chi connectivity index (χ2n) is 3.45. The van der Waals surface area contributed by atoms with E-state index in [1.807, 2.05) is 19.1 Å². The van der Waals surface area contributed by atoms with Crippen LogP contribution >= 0.6 is 43.5 Å². The van der Waals surface area contributed by atoms with Gasteiger partial charge in [0.2, 0.25) is 0 Å². The van der Waals surface area contributed by atoms with E-state index in [1.54, 1.807) is 0 Å². The molecule has 0 radical (unpaired) electrons. The predicted octanol–water partition coefficient (Wildman–Crippen LogP) is 3.76. The summed E-state index contributed by atoms with van der Waals surface area (Å²) in [5.74, 6) is -0.313. The Hall–Kier alpha value is -0.260. The summed E-state index contributed by atoms with van der Waals surface area (Å²) in [4.78, 5) is 10.8. The van der Waals surface area contributed by atoms with Crippen LogP contribution in [0.15, 0.2) is 16.6 Å². The maximum Gasteiger partial charge on any atom is 0.321 e. The van der Waals surface area contributed by atoms with Gasteiger partial charge in [-0.3, -0.25) is 4.79 Å². The fourth-order valence-corrected chi connectivity index (χ4v) is 2.30. The number of hydrogen-bond acceptors (Lipinski definition) is 3. The van der Waals surface area contributed by atoms with E-state index in [0.29, 0.717) is 11.6 Å². The van der Waals surface area contributed by atoms with E-state index < -0.39 is 0 Å². The third-order valence-electron chi connectivity index (χ3n) is 2.18. The van der Waals surface area contributed by atoms with Crippen molar-refractivity contribution in [1.29, 1.82) is 0 Å². The first-order valence-corrected chi connectivity index (χ1v) is 6.95. The summed E-state index contributed by atoms with van der Waals surface area (Å²) >= 11 is 12.7. The molecule has 94 valence electrons. The van der Waals surface area contributed by atoms with Crippen molar-refractivity contribution < 1.29 is 9.53 Å². The van der Waals surface area contributed by atoms with Crippen LogP contribution < -0.4 is 5.32 Å². The molecule has 3 nitrogen and oxygen atoms in total. The summed E-state index contributed by atoms with van der Waals surface area (Å²) in [7, 11) is 1.36. The van der Waals surface area contributed by atoms with Gasteiger partial charge in [-0.15, -0.1) is 0 Å². The number of benzene rings is 1. The smallest absolute Gasteiger partial charge is 0.321 e. The fraction of sp³-hybridized carbons (Fsp3) is 0.364. The van der Waals surface area contributed by atoms with Crippen LogP contribution in [0.3, 0.4) is 0 Å². The number of hydrogen-bond donors (Lipinski definition) is 1. The molecule has 0 saturated heterocycles. The lowest BCUT2D eigenvalue weighted by molar-refractivity contribution is -0.139. The molecule has 0 saturated carbocycles. The molecule has 0 aromatic heterocycles. The number of rotatable bonds is 4. The highest BCUT2D eigenvalue weighted by atomic mass is 79.9. The predicted molar refractivity (Wildman–Crippen MR) is 77.1 cm³/mol. The number of esters is 1. The minimum atomic E-state index is -0.389. The second kappa shape index (κ2) is 6.61. The summed E-state index contributed by atoms with van der Waals surface area (Å²) in [6.07, 6.45) is 0. The number of nitrogens with one attached hydrogen (secondary N) is 1. The average molecular weight is 385 g/mol. The highest BCUT2D eigenvalue weighted by molar-refractivity contribution is 9.10. The lowest BCUT2D eigenvalue weighted by Crippen LogP contribution is -2.24. The van der Waals surface area contributed by atoms with E-state index in [1.165, 1.54) is 7.11 Å². The molecule has 17 heavy (non-hydrogen) atoms. The summed E-state index contributed by atoms with van der Waals surface area (Å²) in [5.41, 5.74) is 1.83. The Morgan fingerprint density at radius 3 is 2.82 bits per heavy atom. The van der Waals surface area contributed by atoms with Gasteiger partial charge in [-0.25, -0.2) is 0 Å². The molecule has 1 N–H and O–H groups in total. The fourth-order valence-electron chi connectivity index (χ4n) is 1.19. The zero-order chi connectivity index (χ0) is 13.0. The van der Waals surface area contributed by atoms with Gasteiger partial charge in [0.15, 0.2) is 0 Å². The molecule has 0 aliphatic rings. The summed E-state index contributed by atoms with van der Waals surface area (Å²) in [5, 5.41) is 3.80. The molecule has 0 spiro atoms. The zero-order valence-electron chi connectivity index (χ0n) is 9.39. The maximum absolute atomic E-state index is 11.2. The van der Waals surface area contributed by atoms with Crippen molar-refractivity contribution in [3.8, 4) is 0 Å². The van der Waals surface area contributed by atoms with Gasteiger partial charge in [0.05, 0.1) is 7.11 Å². The minimum absolute atomic E-state index is 0.313. The molecule has 6 heteroatoms. The van der Waals surface area contributed by atoms with E-state index in [9.17, 15) is 4.79 Å². The topological polar surface area (TPSA) is 38.3 Å². The Kier molecular flexibility index (Phi) is 5.76. The van der Waals surface area contributed by atoms with E-state index in [-0.39, 0.29) is 10.8 Å². The molecule has 0 aliphatic heterocycles. The number of carbonyl (C=O) groups is 1. The van der Waals surface area contributed by atoms with Crippen molar-refractivity contribution in [2.24, 2.45) is 0 Å². The number of alkyl halides is 1. The van der Waals surface area contributed by atoms with Crippen LogP contribution in [-0.4, -0.2) is 24.5 Å². The van der Waals surface area contributed by atoms with Crippen molar-refractivity contribution >= 4 is 55.1 Å². The Balaban J connectivity index is 2.70. The molecular formula is C11H12Br2ClNO2. The van der Waals surface area contributed by atoms with Crippen LogP contribution in [0.25, 0.3) is 0 Å². The Morgan fingerprint density at radius 1 is 1.59 bits per heavy atom. The molecule has 0 aliphatic carbocycles. The van der Waals surface area contributed by atoms with E-state index >= 15 is 0 Å². The third kappa shape index (κ3) is 4.16. The van der Waals surface area contributed by atoms with Crippen molar-refractivity contribution in [3.63, 3.8) is 0 Å². The van der Waals surface area contributed by atoms with Gasteiger partial charge < -0.3 is 10.1 Å². The van der Waals surface area contributed by atoms with Crippen molar-refractivity contribution in [3.05, 3.63) is 27.2 Å². The molecule has 1 unspecified atom stereocenters. The Morgan fingerprint density at radius 2 is 2.24 bits per heavy atom. The van der Waals surface area contributed by atoms with Gasteiger partial charge in [-0.1, -0.05) is 27.5 Å². The zero-order valence-corrected chi connectivity index (χ0v) is 13.3. The number of carbonyl (C=O) groups excluding carboxylic acids is 1. The van der Waals surface area contributed by atoms with Crippen LogP contribution in [0, 0.1) is 6.92 Å². The van der Waals surface area contributed by atoms with Crippen LogP contribution in [0.5, 0.6) is 0 Å². The molecule has 0 amide bonds. The molecule has 1 atom stereocenters. The molecule has 0 fully saturated rings. The van der Waals surface area contributed by atoms with Gasteiger partial charge in [0, 0.05) is 21.7 Å². The lowest BCUT2D eigenvalue weighted by Gasteiger charge is -2.13. The summed E-state index contributed by atoms with van der Waals surface area (Å²) < 4.78 is 5.52. The van der Waals surface area contributed by atoms with Gasteiger partial charge in [-0.2, -0.15) is 0 Å². The standard InChI is InChI=1S/C11H12Br2ClNO2/c1-6-3-7(12)10(4-9(6)14)15-5-8(13)11(16)17-2/h3-4,8,15H,5H2,1-2H3. The monoisotopic (exact) mass is 383 g/mol. The Labute approximate surface area is 122 Å². The second-order valence-corrected chi connectivity index (χ2v) is 5.82. The lowest BCUT2D eigenvalue weighted by atomic mass is 10.2. The normalized spacial score (nSPS) is 12.1. The molecule has 1 aromatic carbocycles. The first kappa shape index (κ1) is 14.8. The SMILES string of the molecule is COC(=O)C(Br)CNc1cc(Cl)c(C)cc1Br. The van der Waals surface area contributed by atoms with Gasteiger partial charge in [0.1, 0.15) is 4.83 Å². The number of methoxy groups -OCH3 is 1. The Bertz CT molecular complexity index is 426. The quantitative estimate of drug-likeness (QED) is 0.634. The number of anilines is 1. The van der Waals surface area contributed by atoms with E-state index in [2.05, 4.69) is 41.9 Å². The molecule has 1 rings (SSSR count). The first-order chi connectivity index (χ1) is 7.95. The van der Waals surface area contributed by atoms with E-state index in [4.69, 9.17) is 11.6 Å². The largest absolute Gasteiger partial charge is 0.468 e. The first-order valence-electron chi connectivity index (χ1n) is 4.87. The molecule has 0 heterocycles. The molecular weight excluding hydrogens is 373 g/mol. The molecule has 0 bridgehead atoms. The van der Waals surface area contributed by atoms with Crippen LogP contribution in [0.4, 0.5) is 5.69 Å². The minimum Gasteiger partial charge on any atom is -0.468 e. The number of halogens is 3. The van der Waals surface area contributed by atoms with Gasteiger partial charge in [0.25, 0.3) is 0 Å². The highest BCUT2D eigenvalue weighted by Gasteiger charge is 2.15. The van der Waals surface area contributed by atoms with Crippen molar-refractivity contribution in [2.45, 2.75) is 11.8 Å². The van der Waals surface area contributed by atoms with Gasteiger partial charge in [-0.05, 0) is 40.5 Å². The third-order valence-corrected chi connectivity index (χ3v) is 3.94. The van der Waals surface area contributed by atoms with Crippen LogP contribution in [0.2, 0.25) is 5.02 Å². The van der Waals surface area contributed by atoms with Crippen molar-refractivity contribution in [1.82, 2.24) is 0 Å². The van der Waals surface area contributed by atoms with Crippen molar-refractivity contribution in [2.75, 3.05) is 19.0 Å². The molecule has 1 aromatic rings. The summed E-state index contributed by atoms with van der Waals surface area (Å²) in [6.45, 7) is 2.35. The van der Waals surface area contributed by atoms with Crippen LogP contribution in [-0.2, 0) is 9.53 Å². The maximum atomic E-state index is 11.2. The number of ether oxygens (including phenoxy) is 1. The van der Waals surface area contributed by atoms with E-state index in [0.717, 1.165) is 15.7 Å². The highest BCUT2D eigenvalue weighted by Crippen LogP contribution is 2.29. The number of aryl methyl sites for hydroxylation is 1. The summed E-state index contributed by atoms with van der Waals surface area (Å²) in [6, 6.07) is 3.74. The average Bonchev–Trinajstić information content (AvgIpc) is 2.30. The van der Waals surface area contributed by atoms with Crippen LogP contribution in [0.1, 0.15) is 5.56 Å². The van der Waals surface area contributed by atoms with Gasteiger partial charge >= 0.3 is 5.97 Å².